The number of amides is 1. The molecule has 3 aromatic rings. The van der Waals surface area contributed by atoms with E-state index in [0.717, 1.165) is 11.1 Å². The fourth-order valence-electron chi connectivity index (χ4n) is 3.10. The van der Waals surface area contributed by atoms with Crippen LogP contribution in [0.1, 0.15) is 29.5 Å². The van der Waals surface area contributed by atoms with E-state index in [9.17, 15) is 19.7 Å². The number of nitrogens with zero attached hydrogens (tertiary/aromatic N) is 2. The van der Waals surface area contributed by atoms with Crippen molar-refractivity contribution in [3.63, 3.8) is 0 Å². The molecule has 0 saturated heterocycles. The summed E-state index contributed by atoms with van der Waals surface area (Å²) in [4.78, 5) is 34.4. The second-order valence-corrected chi connectivity index (χ2v) is 6.74. The number of benzene rings is 2. The Kier molecular flexibility index (Phi) is 5.58. The van der Waals surface area contributed by atoms with Gasteiger partial charge in [0.1, 0.15) is 0 Å². The number of aryl methyl sites for hydroxylation is 3. The fourth-order valence-corrected chi connectivity index (χ4v) is 3.10. The Morgan fingerprint density at radius 1 is 1.21 bits per heavy atom. The molecular formula is C20H21N3O5. The number of carbonyl (C=O) groups is 1. The molecule has 1 amide bonds. The Bertz CT molecular complexity index is 1100. The van der Waals surface area contributed by atoms with Gasteiger partial charge in [-0.05, 0) is 37.5 Å². The number of hydrogen-bond acceptors (Lipinski definition) is 5. The summed E-state index contributed by atoms with van der Waals surface area (Å²) >= 11 is 0. The zero-order chi connectivity index (χ0) is 20.3. The monoisotopic (exact) mass is 383 g/mol. The summed E-state index contributed by atoms with van der Waals surface area (Å²) in [5, 5.41) is 13.7. The topological polar surface area (TPSA) is 107 Å². The molecule has 8 nitrogen and oxygen atoms in total. The number of nitro benzene ring substituents is 1. The molecule has 0 aliphatic carbocycles. The second kappa shape index (κ2) is 8.08. The zero-order valence-electron chi connectivity index (χ0n) is 15.7. The SMILES string of the molecule is Cc1ccc(CNC(=O)CCCn2c(=O)oc3cc([N+](=O)[O-])ccc32)c(C)c1. The van der Waals surface area contributed by atoms with E-state index >= 15 is 0 Å². The molecular weight excluding hydrogens is 362 g/mol. The largest absolute Gasteiger partial charge is 0.419 e. The van der Waals surface area contributed by atoms with Gasteiger partial charge >= 0.3 is 5.76 Å². The van der Waals surface area contributed by atoms with E-state index in [0.29, 0.717) is 25.0 Å². The number of nitrogens with one attached hydrogen (secondary N) is 1. The Labute approximate surface area is 160 Å². The third-order valence-corrected chi connectivity index (χ3v) is 4.62. The molecule has 0 saturated carbocycles. The Morgan fingerprint density at radius 3 is 2.71 bits per heavy atom. The van der Waals surface area contributed by atoms with Gasteiger partial charge in [-0.15, -0.1) is 0 Å². The minimum atomic E-state index is -0.591. The molecule has 146 valence electrons. The second-order valence-electron chi connectivity index (χ2n) is 6.74. The number of aromatic nitrogens is 1. The summed E-state index contributed by atoms with van der Waals surface area (Å²) in [6.07, 6.45) is 0.710. The maximum Gasteiger partial charge on any atom is 0.419 e. The van der Waals surface area contributed by atoms with Crippen LogP contribution in [0, 0.1) is 24.0 Å². The van der Waals surface area contributed by atoms with E-state index in [1.54, 1.807) is 0 Å². The highest BCUT2D eigenvalue weighted by Crippen LogP contribution is 2.20. The Balaban J connectivity index is 1.57. The molecule has 0 spiro atoms. The molecule has 0 radical (unpaired) electrons. The molecule has 1 aromatic heterocycles. The van der Waals surface area contributed by atoms with E-state index in [4.69, 9.17) is 4.42 Å². The molecule has 0 unspecified atom stereocenters. The molecule has 2 aromatic carbocycles. The predicted molar refractivity (Wildman–Crippen MR) is 104 cm³/mol. The van der Waals surface area contributed by atoms with Gasteiger partial charge in [-0.2, -0.15) is 0 Å². The third kappa shape index (κ3) is 4.28. The first-order valence-corrected chi connectivity index (χ1v) is 8.96. The van der Waals surface area contributed by atoms with Gasteiger partial charge in [0.25, 0.3) is 5.69 Å². The lowest BCUT2D eigenvalue weighted by Gasteiger charge is -2.09. The van der Waals surface area contributed by atoms with Crippen LogP contribution < -0.4 is 11.1 Å². The average Bonchev–Trinajstić information content (AvgIpc) is 2.95. The molecule has 1 N–H and O–H groups in total. The Morgan fingerprint density at radius 2 is 2.00 bits per heavy atom. The molecule has 3 rings (SSSR count). The maximum atomic E-state index is 12.1. The first kappa shape index (κ1) is 19.3. The highest BCUT2D eigenvalue weighted by Gasteiger charge is 2.14. The summed E-state index contributed by atoms with van der Waals surface area (Å²) in [5.41, 5.74) is 3.88. The molecule has 28 heavy (non-hydrogen) atoms. The number of carbonyl (C=O) groups excluding carboxylic acids is 1. The number of hydrogen-bond donors (Lipinski definition) is 1. The van der Waals surface area contributed by atoms with Gasteiger partial charge in [-0.3, -0.25) is 19.5 Å². The van der Waals surface area contributed by atoms with Crippen LogP contribution >= 0.6 is 0 Å². The van der Waals surface area contributed by atoms with Crippen molar-refractivity contribution in [1.29, 1.82) is 0 Å². The van der Waals surface area contributed by atoms with Crippen molar-refractivity contribution in [1.82, 2.24) is 9.88 Å². The normalized spacial score (nSPS) is 10.9. The van der Waals surface area contributed by atoms with Gasteiger partial charge in [0.05, 0.1) is 16.5 Å². The minimum Gasteiger partial charge on any atom is -0.407 e. The number of fused-ring (bicyclic) bond motifs is 1. The third-order valence-electron chi connectivity index (χ3n) is 4.62. The number of oxazole rings is 1. The minimum absolute atomic E-state index is 0.100. The van der Waals surface area contributed by atoms with Crippen molar-refractivity contribution in [3.05, 3.63) is 73.8 Å². The lowest BCUT2D eigenvalue weighted by Crippen LogP contribution is -2.24. The highest BCUT2D eigenvalue weighted by molar-refractivity contribution is 5.76. The van der Waals surface area contributed by atoms with Crippen LogP contribution in [-0.2, 0) is 17.9 Å². The predicted octanol–water partition coefficient (Wildman–Crippen LogP) is 3.22. The molecule has 0 bridgehead atoms. The highest BCUT2D eigenvalue weighted by atomic mass is 16.6. The van der Waals surface area contributed by atoms with Crippen molar-refractivity contribution < 1.29 is 14.1 Å². The molecule has 8 heteroatoms. The molecule has 0 fully saturated rings. The maximum absolute atomic E-state index is 12.1. The fraction of sp³-hybridized carbons (Fsp3) is 0.300. The number of rotatable bonds is 7. The standard InChI is InChI=1S/C20H21N3O5/c1-13-5-6-15(14(2)10-13)12-21-19(24)4-3-9-22-17-8-7-16(23(26)27)11-18(17)28-20(22)25/h5-8,10-11H,3-4,9,12H2,1-2H3,(H,21,24). The van der Waals surface area contributed by atoms with Gasteiger partial charge in [0, 0.05) is 25.6 Å². The summed E-state index contributed by atoms with van der Waals surface area (Å²) in [6.45, 7) is 4.79. The van der Waals surface area contributed by atoms with Crippen LogP contribution in [0.4, 0.5) is 5.69 Å². The average molecular weight is 383 g/mol. The van der Waals surface area contributed by atoms with Gasteiger partial charge in [-0.1, -0.05) is 23.8 Å². The summed E-state index contributed by atoms with van der Waals surface area (Å²) in [6, 6.07) is 10.1. The molecule has 1 heterocycles. The van der Waals surface area contributed by atoms with Crippen molar-refractivity contribution in [3.8, 4) is 0 Å². The van der Waals surface area contributed by atoms with Gasteiger partial charge in [0.2, 0.25) is 5.91 Å². The zero-order valence-corrected chi connectivity index (χ0v) is 15.7. The van der Waals surface area contributed by atoms with Crippen molar-refractivity contribution >= 4 is 22.7 Å². The van der Waals surface area contributed by atoms with E-state index in [1.165, 1.54) is 28.3 Å². The van der Waals surface area contributed by atoms with Crippen molar-refractivity contribution in [2.24, 2.45) is 0 Å². The number of nitro groups is 1. The number of non-ortho nitro benzene ring substituents is 1. The van der Waals surface area contributed by atoms with Crippen molar-refractivity contribution in [2.75, 3.05) is 0 Å². The van der Waals surface area contributed by atoms with Crippen molar-refractivity contribution in [2.45, 2.75) is 39.8 Å². The van der Waals surface area contributed by atoms with Gasteiger partial charge in [-0.25, -0.2) is 4.79 Å². The smallest absolute Gasteiger partial charge is 0.407 e. The lowest BCUT2D eigenvalue weighted by atomic mass is 10.1. The summed E-state index contributed by atoms with van der Waals surface area (Å²) in [5.74, 6) is -0.692. The summed E-state index contributed by atoms with van der Waals surface area (Å²) < 4.78 is 6.46. The van der Waals surface area contributed by atoms with E-state index in [-0.39, 0.29) is 23.6 Å². The first-order chi connectivity index (χ1) is 13.3. The Hall–Kier alpha value is -3.42. The molecule has 0 aliphatic heterocycles. The van der Waals surface area contributed by atoms with E-state index < -0.39 is 10.7 Å². The van der Waals surface area contributed by atoms with Crippen LogP contribution in [0.5, 0.6) is 0 Å². The van der Waals surface area contributed by atoms with Crippen LogP contribution in [0.3, 0.4) is 0 Å². The van der Waals surface area contributed by atoms with E-state index in [1.807, 2.05) is 26.0 Å². The van der Waals surface area contributed by atoms with Gasteiger partial charge in [0.15, 0.2) is 5.58 Å². The summed E-state index contributed by atoms with van der Waals surface area (Å²) in [7, 11) is 0. The van der Waals surface area contributed by atoms with Gasteiger partial charge < -0.3 is 9.73 Å². The molecule has 0 aliphatic rings. The van der Waals surface area contributed by atoms with Crippen LogP contribution in [-0.4, -0.2) is 15.4 Å². The molecule has 0 atom stereocenters. The first-order valence-electron chi connectivity index (χ1n) is 8.96. The van der Waals surface area contributed by atoms with Crippen LogP contribution in [0.2, 0.25) is 0 Å². The quantitative estimate of drug-likeness (QED) is 0.498. The lowest BCUT2D eigenvalue weighted by molar-refractivity contribution is -0.384. The van der Waals surface area contributed by atoms with E-state index in [2.05, 4.69) is 11.4 Å². The van der Waals surface area contributed by atoms with Crippen LogP contribution in [0.25, 0.3) is 11.1 Å². The van der Waals surface area contributed by atoms with Crippen LogP contribution in [0.15, 0.2) is 45.6 Å².